The number of hydrogen-bond donors (Lipinski definition) is 0. The summed E-state index contributed by atoms with van der Waals surface area (Å²) in [6.07, 6.45) is 0. The Morgan fingerprint density at radius 3 is 2.20 bits per heavy atom. The molecule has 0 N–H and O–H groups in total. The molecule has 20 heavy (non-hydrogen) atoms. The van der Waals surface area contributed by atoms with Crippen LogP contribution in [0.15, 0.2) is 42.5 Å². The summed E-state index contributed by atoms with van der Waals surface area (Å²) in [5.74, 6) is -0.876. The van der Waals surface area contributed by atoms with Gasteiger partial charge in [0, 0.05) is 11.1 Å². The Bertz CT molecular complexity index is 681. The Balaban J connectivity index is 2.48. The van der Waals surface area contributed by atoms with Crippen molar-refractivity contribution >= 4 is 35.0 Å². The molecule has 0 heterocycles. The van der Waals surface area contributed by atoms with Gasteiger partial charge in [-0.1, -0.05) is 41.4 Å². The summed E-state index contributed by atoms with van der Waals surface area (Å²) in [5, 5.41) is 0.650. The first-order chi connectivity index (χ1) is 9.54. The molecular weight excluding hydrogens is 299 g/mol. The number of carbonyl (C=O) groups is 2. The molecule has 5 heteroatoms. The van der Waals surface area contributed by atoms with Crippen molar-refractivity contribution in [2.45, 2.75) is 0 Å². The average molecular weight is 309 g/mol. The smallest absolute Gasteiger partial charge is 0.338 e. The van der Waals surface area contributed by atoms with Crippen molar-refractivity contribution in [1.29, 1.82) is 0 Å². The number of halogens is 2. The van der Waals surface area contributed by atoms with E-state index in [1.54, 1.807) is 24.3 Å². The summed E-state index contributed by atoms with van der Waals surface area (Å²) < 4.78 is 4.67. The molecular formula is C15H10Cl2O3. The second kappa shape index (κ2) is 6.07. The third-order valence-electron chi connectivity index (χ3n) is 2.76. The minimum atomic E-state index is -0.561. The summed E-state index contributed by atoms with van der Waals surface area (Å²) in [6.45, 7) is 0. The molecule has 0 aliphatic rings. The number of rotatable bonds is 3. The van der Waals surface area contributed by atoms with Crippen LogP contribution >= 0.6 is 23.2 Å². The van der Waals surface area contributed by atoms with E-state index in [2.05, 4.69) is 4.74 Å². The number of carbonyl (C=O) groups excluding carboxylic acids is 2. The van der Waals surface area contributed by atoms with E-state index in [1.165, 1.54) is 25.3 Å². The predicted molar refractivity (Wildman–Crippen MR) is 77.7 cm³/mol. The molecule has 0 fully saturated rings. The van der Waals surface area contributed by atoms with Gasteiger partial charge >= 0.3 is 5.97 Å². The summed E-state index contributed by atoms with van der Waals surface area (Å²) in [5.41, 5.74) is 0.833. The van der Waals surface area contributed by atoms with Crippen LogP contribution in [0, 0.1) is 0 Å². The van der Waals surface area contributed by atoms with E-state index in [1.807, 2.05) is 0 Å². The zero-order valence-corrected chi connectivity index (χ0v) is 12.0. The largest absolute Gasteiger partial charge is 0.465 e. The molecule has 0 aliphatic carbocycles. The Morgan fingerprint density at radius 1 is 0.950 bits per heavy atom. The lowest BCUT2D eigenvalue weighted by Gasteiger charge is -2.07. The monoisotopic (exact) mass is 308 g/mol. The van der Waals surface area contributed by atoms with E-state index >= 15 is 0 Å². The molecule has 0 aliphatic heterocycles. The van der Waals surface area contributed by atoms with Gasteiger partial charge in [0.15, 0.2) is 5.78 Å². The average Bonchev–Trinajstić information content (AvgIpc) is 2.48. The van der Waals surface area contributed by atoms with Crippen molar-refractivity contribution in [3.05, 3.63) is 69.2 Å². The standard InChI is InChI=1S/C15H10Cl2O3/c1-20-15(19)11-5-3-2-4-10(11)14(18)9-6-7-12(16)13(17)8-9/h2-8H,1H3. The molecule has 0 saturated heterocycles. The molecule has 0 bridgehead atoms. The number of benzene rings is 2. The highest BCUT2D eigenvalue weighted by molar-refractivity contribution is 6.42. The number of ether oxygens (including phenoxy) is 1. The fraction of sp³-hybridized carbons (Fsp3) is 0.0667. The van der Waals surface area contributed by atoms with Crippen molar-refractivity contribution in [3.63, 3.8) is 0 Å². The third kappa shape index (κ3) is 2.84. The summed E-state index contributed by atoms with van der Waals surface area (Å²) in [7, 11) is 1.27. The fourth-order valence-electron chi connectivity index (χ4n) is 1.76. The van der Waals surface area contributed by atoms with Gasteiger partial charge < -0.3 is 4.74 Å². The molecule has 0 spiro atoms. The number of esters is 1. The molecule has 0 radical (unpaired) electrons. The van der Waals surface area contributed by atoms with Crippen LogP contribution in [0.4, 0.5) is 0 Å². The predicted octanol–water partition coefficient (Wildman–Crippen LogP) is 4.01. The second-order valence-corrected chi connectivity index (χ2v) is 4.81. The first kappa shape index (κ1) is 14.6. The Morgan fingerprint density at radius 2 is 1.60 bits per heavy atom. The maximum atomic E-state index is 12.4. The van der Waals surface area contributed by atoms with Gasteiger partial charge in [-0.05, 0) is 24.3 Å². The Hall–Kier alpha value is -1.84. The SMILES string of the molecule is COC(=O)c1ccccc1C(=O)c1ccc(Cl)c(Cl)c1. The van der Waals surface area contributed by atoms with E-state index in [9.17, 15) is 9.59 Å². The minimum Gasteiger partial charge on any atom is -0.465 e. The van der Waals surface area contributed by atoms with Gasteiger partial charge in [0.2, 0.25) is 0 Å². The van der Waals surface area contributed by atoms with Crippen molar-refractivity contribution in [2.75, 3.05) is 7.11 Å². The van der Waals surface area contributed by atoms with Crippen LogP contribution in [0.2, 0.25) is 10.0 Å². The molecule has 102 valence electrons. The van der Waals surface area contributed by atoms with E-state index < -0.39 is 5.97 Å². The van der Waals surface area contributed by atoms with Crippen molar-refractivity contribution in [1.82, 2.24) is 0 Å². The second-order valence-electron chi connectivity index (χ2n) is 4.00. The quantitative estimate of drug-likeness (QED) is 0.635. The van der Waals surface area contributed by atoms with Crippen LogP contribution in [0.1, 0.15) is 26.3 Å². The van der Waals surface area contributed by atoms with E-state index in [0.29, 0.717) is 10.6 Å². The zero-order valence-electron chi connectivity index (χ0n) is 10.5. The molecule has 0 atom stereocenters. The zero-order chi connectivity index (χ0) is 14.7. The molecule has 2 aromatic carbocycles. The highest BCUT2D eigenvalue weighted by atomic mass is 35.5. The summed E-state index contributed by atoms with van der Waals surface area (Å²) >= 11 is 11.7. The maximum Gasteiger partial charge on any atom is 0.338 e. The number of ketones is 1. The third-order valence-corrected chi connectivity index (χ3v) is 3.50. The number of methoxy groups -OCH3 is 1. The summed E-state index contributed by atoms with van der Waals surface area (Å²) in [6, 6.07) is 11.0. The van der Waals surface area contributed by atoms with Crippen molar-refractivity contribution < 1.29 is 14.3 Å². The van der Waals surface area contributed by atoms with E-state index in [4.69, 9.17) is 23.2 Å². The van der Waals surface area contributed by atoms with Crippen molar-refractivity contribution in [3.8, 4) is 0 Å². The van der Waals surface area contributed by atoms with Crippen LogP contribution in [0.25, 0.3) is 0 Å². The lowest BCUT2D eigenvalue weighted by atomic mass is 9.98. The molecule has 3 nitrogen and oxygen atoms in total. The molecule has 0 aromatic heterocycles. The molecule has 0 amide bonds. The Labute approximate surface area is 126 Å². The van der Waals surface area contributed by atoms with Gasteiger partial charge in [-0.3, -0.25) is 4.79 Å². The molecule has 0 unspecified atom stereocenters. The van der Waals surface area contributed by atoms with Gasteiger partial charge in [0.1, 0.15) is 0 Å². The topological polar surface area (TPSA) is 43.4 Å². The molecule has 2 rings (SSSR count). The van der Waals surface area contributed by atoms with Gasteiger partial charge in [-0.15, -0.1) is 0 Å². The minimum absolute atomic E-state index is 0.214. The highest BCUT2D eigenvalue weighted by Crippen LogP contribution is 2.24. The highest BCUT2D eigenvalue weighted by Gasteiger charge is 2.18. The molecule has 0 saturated carbocycles. The number of hydrogen-bond acceptors (Lipinski definition) is 3. The van der Waals surface area contributed by atoms with Gasteiger partial charge in [-0.2, -0.15) is 0 Å². The van der Waals surface area contributed by atoms with E-state index in [0.717, 1.165) is 0 Å². The van der Waals surface area contributed by atoms with Crippen LogP contribution < -0.4 is 0 Å². The van der Waals surface area contributed by atoms with Gasteiger partial charge in [-0.25, -0.2) is 4.79 Å². The fourth-order valence-corrected chi connectivity index (χ4v) is 2.06. The van der Waals surface area contributed by atoms with E-state index in [-0.39, 0.29) is 21.9 Å². The Kier molecular flexibility index (Phi) is 4.42. The first-order valence-electron chi connectivity index (χ1n) is 5.71. The lowest BCUT2D eigenvalue weighted by Crippen LogP contribution is -2.11. The van der Waals surface area contributed by atoms with Crippen molar-refractivity contribution in [2.24, 2.45) is 0 Å². The maximum absolute atomic E-state index is 12.4. The normalized spacial score (nSPS) is 10.2. The van der Waals surface area contributed by atoms with Gasteiger partial charge in [0.05, 0.1) is 22.7 Å². The molecule has 2 aromatic rings. The van der Waals surface area contributed by atoms with Crippen LogP contribution in [-0.2, 0) is 4.74 Å². The lowest BCUT2D eigenvalue weighted by molar-refractivity contribution is 0.0597. The van der Waals surface area contributed by atoms with Crippen LogP contribution in [-0.4, -0.2) is 18.9 Å². The first-order valence-corrected chi connectivity index (χ1v) is 6.47. The van der Waals surface area contributed by atoms with Crippen LogP contribution in [0.3, 0.4) is 0 Å². The van der Waals surface area contributed by atoms with Crippen LogP contribution in [0.5, 0.6) is 0 Å². The summed E-state index contributed by atoms with van der Waals surface area (Å²) in [4.78, 5) is 24.1. The van der Waals surface area contributed by atoms with Gasteiger partial charge in [0.25, 0.3) is 0 Å².